The molecule has 0 radical (unpaired) electrons. The van der Waals surface area contributed by atoms with Crippen LogP contribution in [0.4, 0.5) is 0 Å². The van der Waals surface area contributed by atoms with Crippen molar-refractivity contribution in [1.82, 2.24) is 0 Å². The molecule has 0 atom stereocenters. The van der Waals surface area contributed by atoms with E-state index in [0.717, 1.165) is 12.4 Å². The number of nitrogens with zero attached hydrogens (tertiary/aromatic N) is 1. The molecule has 0 aliphatic carbocycles. The van der Waals surface area contributed by atoms with Gasteiger partial charge in [-0.2, -0.15) is 0 Å². The topological polar surface area (TPSA) is 98.4 Å². The first-order chi connectivity index (χ1) is 9.74. The second-order valence-electron chi connectivity index (χ2n) is 4.32. The molecular weight excluding hydrogens is 294 g/mol. The third-order valence-electron chi connectivity index (χ3n) is 2.58. The Morgan fingerprint density at radius 1 is 1.19 bits per heavy atom. The molecule has 0 fully saturated rings. The van der Waals surface area contributed by atoms with Gasteiger partial charge in [0, 0.05) is 17.7 Å². The van der Waals surface area contributed by atoms with Gasteiger partial charge in [0.2, 0.25) is 0 Å². The molecule has 2 rings (SSSR count). The highest BCUT2D eigenvalue weighted by Crippen LogP contribution is 2.19. The molecule has 1 heterocycles. The summed E-state index contributed by atoms with van der Waals surface area (Å²) in [4.78, 5) is 9.74. The number of phenolic OH excluding ortho intramolecular Hbond substituents is 1. The molecule has 0 bridgehead atoms. The molecule has 1 N–H and O–H groups in total. The zero-order valence-electron chi connectivity index (χ0n) is 11.6. The number of hydrogen-bond donors (Lipinski definition) is 1. The van der Waals surface area contributed by atoms with Gasteiger partial charge in [-0.1, -0.05) is 6.07 Å². The van der Waals surface area contributed by atoms with Crippen molar-refractivity contribution in [3.63, 3.8) is 0 Å². The molecule has 0 saturated heterocycles. The zero-order chi connectivity index (χ0) is 16.0. The predicted octanol–water partition coefficient (Wildman–Crippen LogP) is 0.928. The van der Waals surface area contributed by atoms with Crippen LogP contribution in [0.3, 0.4) is 0 Å². The van der Waals surface area contributed by atoms with Crippen molar-refractivity contribution in [2.75, 3.05) is 0 Å². The summed E-state index contributed by atoms with van der Waals surface area (Å²) >= 11 is 0. The van der Waals surface area contributed by atoms with Gasteiger partial charge in [0.15, 0.2) is 18.7 Å². The van der Waals surface area contributed by atoms with Crippen LogP contribution in [-0.4, -0.2) is 24.4 Å². The molecule has 21 heavy (non-hydrogen) atoms. The van der Waals surface area contributed by atoms with Gasteiger partial charge in [0.05, 0.1) is 4.90 Å². The van der Waals surface area contributed by atoms with E-state index in [9.17, 15) is 17.8 Å². The van der Waals surface area contributed by atoms with Gasteiger partial charge >= 0.3 is 0 Å². The lowest BCUT2D eigenvalue weighted by Gasteiger charge is -2.09. The van der Waals surface area contributed by atoms with Crippen molar-refractivity contribution in [3.8, 4) is 5.75 Å². The van der Waals surface area contributed by atoms with E-state index in [1.54, 1.807) is 12.1 Å². The Bertz CT molecular complexity index is 724. The van der Waals surface area contributed by atoms with E-state index in [-0.39, 0.29) is 10.6 Å². The van der Waals surface area contributed by atoms with E-state index in [2.05, 4.69) is 0 Å². The van der Waals surface area contributed by atoms with Crippen LogP contribution in [0, 0.1) is 6.92 Å². The highest BCUT2D eigenvalue weighted by Gasteiger charge is 2.05. The molecule has 6 nitrogen and oxygen atoms in total. The van der Waals surface area contributed by atoms with Gasteiger partial charge in [0.1, 0.15) is 22.9 Å². The highest BCUT2D eigenvalue weighted by atomic mass is 32.2. The zero-order valence-corrected chi connectivity index (χ0v) is 12.4. The number of carbonyl (C=O) groups excluding carboxylic acids is 1. The quantitative estimate of drug-likeness (QED) is 0.505. The Morgan fingerprint density at radius 2 is 1.76 bits per heavy atom. The van der Waals surface area contributed by atoms with Crippen LogP contribution in [0.1, 0.15) is 15.9 Å². The van der Waals surface area contributed by atoms with E-state index in [1.165, 1.54) is 19.1 Å². The Balaban J connectivity index is 0.000000219. The third-order valence-corrected chi connectivity index (χ3v) is 3.56. The summed E-state index contributed by atoms with van der Waals surface area (Å²) in [5.41, 5.74) is 1.05. The maximum atomic E-state index is 10.5. The van der Waals surface area contributed by atoms with Gasteiger partial charge in [-0.15, -0.1) is 0 Å². The van der Waals surface area contributed by atoms with Crippen molar-refractivity contribution in [2.45, 2.75) is 11.8 Å². The summed E-state index contributed by atoms with van der Waals surface area (Å²) in [7, 11) is -2.55. The number of aromatic nitrogens is 1. The Kier molecular flexibility index (Phi) is 5.57. The average Bonchev–Trinajstić information content (AvgIpc) is 2.42. The molecule has 2 aromatic rings. The average molecular weight is 309 g/mol. The maximum Gasteiger partial charge on any atom is 0.169 e. The summed E-state index contributed by atoms with van der Waals surface area (Å²) in [6.07, 6.45) is 4.51. The van der Waals surface area contributed by atoms with Crippen LogP contribution in [0.15, 0.2) is 47.6 Å². The van der Waals surface area contributed by atoms with Crippen molar-refractivity contribution in [3.05, 3.63) is 53.9 Å². The third kappa shape index (κ3) is 5.33. The normalized spacial score (nSPS) is 10.4. The molecule has 1 aromatic heterocycles. The van der Waals surface area contributed by atoms with Crippen LogP contribution in [0.5, 0.6) is 5.75 Å². The van der Waals surface area contributed by atoms with E-state index in [1.807, 2.05) is 24.0 Å². The number of phenols is 1. The molecule has 0 aliphatic rings. The number of rotatable bonds is 2. The molecule has 0 saturated carbocycles. The minimum absolute atomic E-state index is 0.227. The van der Waals surface area contributed by atoms with Crippen molar-refractivity contribution in [2.24, 2.45) is 7.05 Å². The summed E-state index contributed by atoms with van der Waals surface area (Å²) < 4.78 is 33.5. The van der Waals surface area contributed by atoms with E-state index >= 15 is 0 Å². The number of benzene rings is 1. The van der Waals surface area contributed by atoms with Crippen molar-refractivity contribution < 1.29 is 27.4 Å². The molecule has 0 spiro atoms. The second kappa shape index (κ2) is 6.96. The number of pyridine rings is 1. The minimum Gasteiger partial charge on any atom is -0.744 e. The number of aromatic hydroxyl groups is 1. The molecule has 112 valence electrons. The SMILES string of the molecule is C[n+]1ccc(C=O)cc1.Cc1ccc(O)cc1S(=O)(=O)[O-]. The number of carbonyl (C=O) groups is 1. The van der Waals surface area contributed by atoms with Crippen molar-refractivity contribution >= 4 is 16.4 Å². The summed E-state index contributed by atoms with van der Waals surface area (Å²) in [5.74, 6) is -0.227. The minimum atomic E-state index is -4.47. The van der Waals surface area contributed by atoms with Crippen LogP contribution >= 0.6 is 0 Å². The molecule has 1 aromatic carbocycles. The van der Waals surface area contributed by atoms with Gasteiger partial charge in [-0.25, -0.2) is 13.0 Å². The monoisotopic (exact) mass is 309 g/mol. The lowest BCUT2D eigenvalue weighted by Crippen LogP contribution is -2.25. The standard InChI is InChI=1S/C7H8NO.C7H8O4S/c1-8-4-2-7(6-9)3-5-8;1-5-2-3-6(8)4-7(5)12(9,10)11/h2-6H,1H3;2-4,8H,1H3,(H,9,10,11)/q+1;/p-1. The molecule has 0 aliphatic heterocycles. The molecule has 0 unspecified atom stereocenters. The number of hydrogen-bond acceptors (Lipinski definition) is 5. The van der Waals surface area contributed by atoms with Crippen LogP contribution in [0.25, 0.3) is 0 Å². The summed E-state index contributed by atoms with van der Waals surface area (Å²) in [5, 5.41) is 8.90. The first-order valence-electron chi connectivity index (χ1n) is 5.90. The number of aryl methyl sites for hydroxylation is 2. The fraction of sp³-hybridized carbons (Fsp3) is 0.143. The fourth-order valence-corrected chi connectivity index (χ4v) is 2.18. The van der Waals surface area contributed by atoms with Crippen molar-refractivity contribution in [1.29, 1.82) is 0 Å². The maximum absolute atomic E-state index is 10.5. The largest absolute Gasteiger partial charge is 0.744 e. The Hall–Kier alpha value is -2.25. The first-order valence-corrected chi connectivity index (χ1v) is 7.31. The Labute approximate surface area is 123 Å². The molecular formula is C14H15NO5S. The highest BCUT2D eigenvalue weighted by molar-refractivity contribution is 7.85. The fourth-order valence-electron chi connectivity index (χ4n) is 1.45. The molecule has 7 heteroatoms. The van der Waals surface area contributed by atoms with Gasteiger partial charge in [-0.05, 0) is 24.6 Å². The van der Waals surface area contributed by atoms with Crippen LogP contribution < -0.4 is 4.57 Å². The van der Waals surface area contributed by atoms with Gasteiger partial charge in [0.25, 0.3) is 0 Å². The molecule has 0 amide bonds. The predicted molar refractivity (Wildman–Crippen MR) is 73.8 cm³/mol. The smallest absolute Gasteiger partial charge is 0.169 e. The van der Waals surface area contributed by atoms with Crippen LogP contribution in [-0.2, 0) is 17.2 Å². The van der Waals surface area contributed by atoms with E-state index in [4.69, 9.17) is 5.11 Å². The lowest BCUT2D eigenvalue weighted by molar-refractivity contribution is -0.671. The number of aldehydes is 1. The first kappa shape index (κ1) is 16.8. The summed E-state index contributed by atoms with van der Waals surface area (Å²) in [6, 6.07) is 7.18. The van der Waals surface area contributed by atoms with E-state index in [0.29, 0.717) is 11.1 Å². The Morgan fingerprint density at radius 3 is 2.19 bits per heavy atom. The summed E-state index contributed by atoms with van der Waals surface area (Å²) in [6.45, 7) is 1.49. The van der Waals surface area contributed by atoms with E-state index < -0.39 is 10.1 Å². The second-order valence-corrected chi connectivity index (χ2v) is 5.67. The van der Waals surface area contributed by atoms with Gasteiger partial charge in [-0.3, -0.25) is 4.79 Å². The van der Waals surface area contributed by atoms with Gasteiger partial charge < -0.3 is 9.66 Å². The van der Waals surface area contributed by atoms with Crippen LogP contribution in [0.2, 0.25) is 0 Å². The lowest BCUT2D eigenvalue weighted by atomic mass is 10.2.